The van der Waals surface area contributed by atoms with Gasteiger partial charge in [0.05, 0.1) is 0 Å². The van der Waals surface area contributed by atoms with Crippen LogP contribution in [0.2, 0.25) is 0 Å². The minimum Gasteiger partial charge on any atom is -0.396 e. The van der Waals surface area contributed by atoms with Gasteiger partial charge in [0.25, 0.3) is 0 Å². The Morgan fingerprint density at radius 2 is 1.18 bits per heavy atom. The second-order valence-electron chi connectivity index (χ2n) is 5.64. The molecule has 0 bridgehead atoms. The standard InChI is InChI=1S/C16H34O/c1-4-7-12-16(11-6-3,13-8-5-2)14-9-10-15-17/h17H,4-15H2,1-3H3. The van der Waals surface area contributed by atoms with Crippen molar-refractivity contribution in [1.29, 1.82) is 0 Å². The Morgan fingerprint density at radius 1 is 0.647 bits per heavy atom. The largest absolute Gasteiger partial charge is 0.396 e. The van der Waals surface area contributed by atoms with Crippen LogP contribution in [-0.4, -0.2) is 11.7 Å². The summed E-state index contributed by atoms with van der Waals surface area (Å²) in [5, 5.41) is 8.95. The van der Waals surface area contributed by atoms with Crippen LogP contribution in [-0.2, 0) is 0 Å². The third-order valence-electron chi connectivity index (χ3n) is 4.02. The summed E-state index contributed by atoms with van der Waals surface area (Å²) in [6, 6.07) is 0. The molecule has 0 fully saturated rings. The van der Waals surface area contributed by atoms with Crippen molar-refractivity contribution < 1.29 is 5.11 Å². The van der Waals surface area contributed by atoms with Crippen LogP contribution in [0, 0.1) is 5.41 Å². The maximum absolute atomic E-state index is 8.95. The van der Waals surface area contributed by atoms with E-state index in [4.69, 9.17) is 5.11 Å². The fourth-order valence-electron chi connectivity index (χ4n) is 3.00. The van der Waals surface area contributed by atoms with Crippen LogP contribution >= 0.6 is 0 Å². The molecule has 0 amide bonds. The molecule has 1 N–H and O–H groups in total. The lowest BCUT2D eigenvalue weighted by Crippen LogP contribution is -2.21. The molecule has 1 nitrogen and oxygen atoms in total. The fraction of sp³-hybridized carbons (Fsp3) is 1.00. The van der Waals surface area contributed by atoms with Gasteiger partial charge in [0.15, 0.2) is 0 Å². The van der Waals surface area contributed by atoms with E-state index in [1.807, 2.05) is 0 Å². The first-order chi connectivity index (χ1) is 8.24. The maximum atomic E-state index is 8.95. The van der Waals surface area contributed by atoms with Crippen molar-refractivity contribution in [2.75, 3.05) is 6.61 Å². The molecule has 0 unspecified atom stereocenters. The average molecular weight is 242 g/mol. The van der Waals surface area contributed by atoms with Gasteiger partial charge in [0.2, 0.25) is 0 Å². The predicted octanol–water partition coefficient (Wildman–Crippen LogP) is 5.32. The minimum atomic E-state index is 0.365. The molecule has 0 aromatic rings. The summed E-state index contributed by atoms with van der Waals surface area (Å²) in [6.45, 7) is 7.27. The second-order valence-corrected chi connectivity index (χ2v) is 5.64. The Balaban J connectivity index is 4.32. The zero-order valence-corrected chi connectivity index (χ0v) is 12.4. The number of rotatable bonds is 12. The van der Waals surface area contributed by atoms with Gasteiger partial charge in [-0.3, -0.25) is 0 Å². The van der Waals surface area contributed by atoms with Crippen LogP contribution in [0.1, 0.15) is 91.4 Å². The molecule has 0 aromatic carbocycles. The second kappa shape index (κ2) is 11.1. The lowest BCUT2D eigenvalue weighted by atomic mass is 9.71. The summed E-state index contributed by atoms with van der Waals surface area (Å²) < 4.78 is 0. The molecule has 0 saturated heterocycles. The number of aliphatic hydroxyl groups is 1. The molecule has 104 valence electrons. The van der Waals surface area contributed by atoms with Crippen molar-refractivity contribution in [3.63, 3.8) is 0 Å². The van der Waals surface area contributed by atoms with Gasteiger partial charge in [-0.1, -0.05) is 59.3 Å². The van der Waals surface area contributed by atoms with Gasteiger partial charge >= 0.3 is 0 Å². The Bertz CT molecular complexity index is 146. The van der Waals surface area contributed by atoms with Crippen molar-refractivity contribution >= 4 is 0 Å². The average Bonchev–Trinajstić information content (AvgIpc) is 2.34. The fourth-order valence-corrected chi connectivity index (χ4v) is 3.00. The molecule has 0 aliphatic heterocycles. The highest BCUT2D eigenvalue weighted by molar-refractivity contribution is 4.79. The van der Waals surface area contributed by atoms with E-state index in [0.29, 0.717) is 12.0 Å². The number of unbranched alkanes of at least 4 members (excludes halogenated alkanes) is 3. The first-order valence-electron chi connectivity index (χ1n) is 7.85. The summed E-state index contributed by atoms with van der Waals surface area (Å²) in [5.74, 6) is 0. The van der Waals surface area contributed by atoms with Gasteiger partial charge in [0, 0.05) is 6.61 Å². The predicted molar refractivity (Wildman–Crippen MR) is 77.3 cm³/mol. The van der Waals surface area contributed by atoms with Crippen molar-refractivity contribution in [3.05, 3.63) is 0 Å². The number of hydrogen-bond donors (Lipinski definition) is 1. The van der Waals surface area contributed by atoms with E-state index < -0.39 is 0 Å². The van der Waals surface area contributed by atoms with E-state index in [1.54, 1.807) is 0 Å². The van der Waals surface area contributed by atoms with Crippen molar-refractivity contribution in [2.24, 2.45) is 5.41 Å². The van der Waals surface area contributed by atoms with Crippen LogP contribution < -0.4 is 0 Å². The highest BCUT2D eigenvalue weighted by Gasteiger charge is 2.27. The summed E-state index contributed by atoms with van der Waals surface area (Å²) in [7, 11) is 0. The van der Waals surface area contributed by atoms with Crippen LogP contribution in [0.25, 0.3) is 0 Å². The Hall–Kier alpha value is -0.0400. The first kappa shape index (κ1) is 17.0. The number of hydrogen-bond acceptors (Lipinski definition) is 1. The van der Waals surface area contributed by atoms with Crippen LogP contribution in [0.4, 0.5) is 0 Å². The zero-order valence-electron chi connectivity index (χ0n) is 12.4. The Labute approximate surface area is 109 Å². The molecule has 0 spiro atoms. The highest BCUT2D eigenvalue weighted by atomic mass is 16.2. The van der Waals surface area contributed by atoms with Crippen molar-refractivity contribution in [3.8, 4) is 0 Å². The smallest absolute Gasteiger partial charge is 0.0431 e. The molecular formula is C16H34O. The van der Waals surface area contributed by atoms with Gasteiger partial charge in [-0.25, -0.2) is 0 Å². The molecule has 0 aromatic heterocycles. The molecule has 17 heavy (non-hydrogen) atoms. The normalized spacial score (nSPS) is 12.0. The van der Waals surface area contributed by atoms with Crippen LogP contribution in [0.3, 0.4) is 0 Å². The Kier molecular flexibility index (Phi) is 11.0. The van der Waals surface area contributed by atoms with Gasteiger partial charge < -0.3 is 5.11 Å². The van der Waals surface area contributed by atoms with E-state index in [2.05, 4.69) is 20.8 Å². The van der Waals surface area contributed by atoms with Gasteiger partial charge in [-0.05, 0) is 37.5 Å². The summed E-state index contributed by atoms with van der Waals surface area (Å²) >= 11 is 0. The molecule has 0 atom stereocenters. The summed E-state index contributed by atoms with van der Waals surface area (Å²) in [5.41, 5.74) is 0.593. The molecule has 0 rings (SSSR count). The van der Waals surface area contributed by atoms with E-state index in [9.17, 15) is 0 Å². The molecular weight excluding hydrogens is 208 g/mol. The van der Waals surface area contributed by atoms with Gasteiger partial charge in [-0.15, -0.1) is 0 Å². The molecule has 0 aliphatic rings. The molecule has 0 aliphatic carbocycles. The molecule has 0 radical (unpaired) electrons. The van der Waals surface area contributed by atoms with E-state index in [1.165, 1.54) is 64.2 Å². The van der Waals surface area contributed by atoms with E-state index in [0.717, 1.165) is 6.42 Å². The monoisotopic (exact) mass is 242 g/mol. The lowest BCUT2D eigenvalue weighted by molar-refractivity contribution is 0.172. The van der Waals surface area contributed by atoms with Gasteiger partial charge in [0.1, 0.15) is 0 Å². The van der Waals surface area contributed by atoms with E-state index >= 15 is 0 Å². The van der Waals surface area contributed by atoms with Crippen LogP contribution in [0.15, 0.2) is 0 Å². The topological polar surface area (TPSA) is 20.2 Å². The third-order valence-corrected chi connectivity index (χ3v) is 4.02. The van der Waals surface area contributed by atoms with Crippen LogP contribution in [0.5, 0.6) is 0 Å². The Morgan fingerprint density at radius 3 is 1.59 bits per heavy atom. The molecule has 0 saturated carbocycles. The van der Waals surface area contributed by atoms with Crippen molar-refractivity contribution in [2.45, 2.75) is 91.4 Å². The highest BCUT2D eigenvalue weighted by Crippen LogP contribution is 2.40. The quantitative estimate of drug-likeness (QED) is 0.459. The van der Waals surface area contributed by atoms with Crippen molar-refractivity contribution in [1.82, 2.24) is 0 Å². The maximum Gasteiger partial charge on any atom is 0.0431 e. The summed E-state index contributed by atoms with van der Waals surface area (Å²) in [4.78, 5) is 0. The number of aliphatic hydroxyl groups excluding tert-OH is 1. The first-order valence-corrected chi connectivity index (χ1v) is 7.85. The molecule has 0 heterocycles. The molecule has 1 heteroatoms. The lowest BCUT2D eigenvalue weighted by Gasteiger charge is -2.34. The SMILES string of the molecule is CCCCC(CCC)(CCCC)CCCCO. The minimum absolute atomic E-state index is 0.365. The third kappa shape index (κ3) is 7.81. The van der Waals surface area contributed by atoms with Gasteiger partial charge in [-0.2, -0.15) is 0 Å². The zero-order chi connectivity index (χ0) is 13.0. The summed E-state index contributed by atoms with van der Waals surface area (Å²) in [6.07, 6.45) is 14.4. The van der Waals surface area contributed by atoms with E-state index in [-0.39, 0.29) is 0 Å².